The van der Waals surface area contributed by atoms with Gasteiger partial charge in [0.15, 0.2) is 12.3 Å². The molecule has 1 unspecified atom stereocenters. The lowest BCUT2D eigenvalue weighted by molar-refractivity contribution is -0.524. The molecule has 0 fully saturated rings. The number of nitrogens with zero attached hydrogens (tertiary/aromatic N) is 2. The van der Waals surface area contributed by atoms with Gasteiger partial charge < -0.3 is 19.7 Å². The van der Waals surface area contributed by atoms with Crippen LogP contribution in [-0.2, 0) is 19.1 Å². The number of rotatable bonds is 16. The fraction of sp³-hybridized carbons (Fsp3) is 0.267. The van der Waals surface area contributed by atoms with Gasteiger partial charge in [-0.05, 0) is 74.5 Å². The number of ether oxygens (including phenoxy) is 2. The van der Waals surface area contributed by atoms with Gasteiger partial charge in [-0.15, -0.1) is 0 Å². The van der Waals surface area contributed by atoms with E-state index in [4.69, 9.17) is 9.47 Å². The molecular formula is C45H50N3O4+. The van der Waals surface area contributed by atoms with E-state index >= 15 is 0 Å². The van der Waals surface area contributed by atoms with Crippen molar-refractivity contribution in [3.8, 4) is 0 Å². The summed E-state index contributed by atoms with van der Waals surface area (Å²) < 4.78 is 13.0. The first-order valence-electron chi connectivity index (χ1n) is 18.0. The maximum atomic E-state index is 11.9. The van der Waals surface area contributed by atoms with Crippen molar-refractivity contribution < 1.29 is 23.6 Å². The second kappa shape index (κ2) is 18.0. The molecular weight excluding hydrogens is 647 g/mol. The summed E-state index contributed by atoms with van der Waals surface area (Å²) in [7, 11) is 0. The van der Waals surface area contributed by atoms with Gasteiger partial charge in [0.1, 0.15) is 19.8 Å². The summed E-state index contributed by atoms with van der Waals surface area (Å²) in [5.74, 6) is -0.629. The van der Waals surface area contributed by atoms with Gasteiger partial charge in [-0.25, -0.2) is 14.2 Å². The van der Waals surface area contributed by atoms with Gasteiger partial charge >= 0.3 is 11.9 Å². The Bertz CT molecular complexity index is 1980. The Balaban J connectivity index is 1.49. The average molecular weight is 697 g/mol. The van der Waals surface area contributed by atoms with Crippen molar-refractivity contribution in [2.75, 3.05) is 49.6 Å². The first-order chi connectivity index (χ1) is 25.2. The van der Waals surface area contributed by atoms with Crippen LogP contribution in [-0.4, -0.2) is 61.6 Å². The molecule has 1 aliphatic rings. The fourth-order valence-corrected chi connectivity index (χ4v) is 6.54. The molecule has 0 aromatic heterocycles. The van der Waals surface area contributed by atoms with E-state index in [1.165, 1.54) is 16.5 Å². The summed E-state index contributed by atoms with van der Waals surface area (Å²) in [5, 5.41) is 5.98. The van der Waals surface area contributed by atoms with E-state index in [1.54, 1.807) is 13.8 Å². The third kappa shape index (κ3) is 9.34. The zero-order chi connectivity index (χ0) is 37.0. The van der Waals surface area contributed by atoms with Crippen LogP contribution >= 0.6 is 0 Å². The van der Waals surface area contributed by atoms with E-state index in [1.807, 2.05) is 18.2 Å². The smallest absolute Gasteiger partial charge is 0.333 e. The maximum absolute atomic E-state index is 11.9. The summed E-state index contributed by atoms with van der Waals surface area (Å²) >= 11 is 0. The van der Waals surface area contributed by atoms with E-state index in [2.05, 4.69) is 139 Å². The molecule has 1 aliphatic carbocycles. The van der Waals surface area contributed by atoms with Gasteiger partial charge in [-0.1, -0.05) is 86.0 Å². The Morgan fingerprint density at radius 3 is 2.02 bits per heavy atom. The molecule has 0 bridgehead atoms. The number of para-hydroxylation sites is 1. The van der Waals surface area contributed by atoms with Crippen molar-refractivity contribution in [2.24, 2.45) is 5.92 Å². The van der Waals surface area contributed by atoms with Crippen molar-refractivity contribution in [1.82, 2.24) is 0 Å². The van der Waals surface area contributed by atoms with Crippen molar-refractivity contribution in [2.45, 2.75) is 33.6 Å². The first-order valence-corrected chi connectivity index (χ1v) is 18.0. The molecule has 5 rings (SSSR count). The van der Waals surface area contributed by atoms with Crippen LogP contribution in [0.1, 0.15) is 44.7 Å². The molecule has 0 amide bonds. The predicted octanol–water partition coefficient (Wildman–Crippen LogP) is 9.00. The van der Waals surface area contributed by atoms with Crippen LogP contribution in [0.25, 0.3) is 10.8 Å². The minimum absolute atomic E-state index is 0.0250. The van der Waals surface area contributed by atoms with Crippen LogP contribution in [0.3, 0.4) is 0 Å². The van der Waals surface area contributed by atoms with Crippen LogP contribution in [0.4, 0.5) is 17.1 Å². The van der Waals surface area contributed by atoms with Gasteiger partial charge in [-0.3, -0.25) is 0 Å². The molecule has 0 spiro atoms. The summed E-state index contributed by atoms with van der Waals surface area (Å²) in [6, 6.07) is 32.1. The summed E-state index contributed by atoms with van der Waals surface area (Å²) in [6.07, 6.45) is 8.95. The molecule has 7 nitrogen and oxygen atoms in total. The Morgan fingerprint density at radius 1 is 0.788 bits per heavy atom. The second-order valence-electron chi connectivity index (χ2n) is 13.0. The third-order valence-electron chi connectivity index (χ3n) is 9.34. The molecule has 52 heavy (non-hydrogen) atoms. The number of benzene rings is 4. The molecule has 4 aromatic carbocycles. The maximum Gasteiger partial charge on any atom is 0.333 e. The highest BCUT2D eigenvalue weighted by molar-refractivity contribution is 6.01. The number of esters is 2. The highest BCUT2D eigenvalue weighted by Gasteiger charge is 2.27. The molecule has 4 aromatic rings. The van der Waals surface area contributed by atoms with E-state index < -0.39 is 0 Å². The monoisotopic (exact) mass is 696 g/mol. The summed E-state index contributed by atoms with van der Waals surface area (Å²) in [6.45, 7) is 18.2. The molecule has 7 heteroatoms. The fourth-order valence-electron chi connectivity index (χ4n) is 6.54. The van der Waals surface area contributed by atoms with Gasteiger partial charge in [0.2, 0.25) is 0 Å². The number of carbonyl (C=O) groups excluding carboxylic acids is 2. The third-order valence-corrected chi connectivity index (χ3v) is 9.34. The summed E-state index contributed by atoms with van der Waals surface area (Å²) in [5.41, 5.74) is 7.49. The Hall–Kier alpha value is -5.69. The van der Waals surface area contributed by atoms with E-state index in [-0.39, 0.29) is 23.8 Å². The highest BCUT2D eigenvalue weighted by atomic mass is 16.5. The number of likely N-dealkylation sites (N-methyl/N-ethyl adjacent to an activating group) is 2. The predicted molar refractivity (Wildman–Crippen MR) is 214 cm³/mol. The zero-order valence-electron chi connectivity index (χ0n) is 30.8. The van der Waals surface area contributed by atoms with Crippen LogP contribution < -0.4 is 10.2 Å². The van der Waals surface area contributed by atoms with Gasteiger partial charge in [0, 0.05) is 64.1 Å². The average Bonchev–Trinajstić information content (AvgIpc) is 3.17. The molecule has 1 N–H and O–H groups in total. The zero-order valence-corrected chi connectivity index (χ0v) is 30.8. The quantitative estimate of drug-likeness (QED) is 0.0717. The molecule has 0 heterocycles. The number of fused-ring (bicyclic) bond motifs is 1. The number of carbonyl (C=O) groups is 2. The Labute approximate surface area is 308 Å². The molecule has 0 radical (unpaired) electrons. The first kappa shape index (κ1) is 37.6. The van der Waals surface area contributed by atoms with Crippen molar-refractivity contribution in [3.63, 3.8) is 0 Å². The summed E-state index contributed by atoms with van der Waals surface area (Å²) in [4.78, 5) is 26.1. The van der Waals surface area contributed by atoms with Crippen LogP contribution in [0.15, 0.2) is 140 Å². The van der Waals surface area contributed by atoms with Crippen molar-refractivity contribution in [3.05, 3.63) is 151 Å². The van der Waals surface area contributed by atoms with Gasteiger partial charge in [0.25, 0.3) is 0 Å². The van der Waals surface area contributed by atoms with Crippen LogP contribution in [0, 0.1) is 5.92 Å². The minimum atomic E-state index is -0.367. The minimum Gasteiger partial charge on any atom is -0.460 e. The number of allylic oxidation sites excluding steroid dienone is 4. The molecule has 0 saturated carbocycles. The van der Waals surface area contributed by atoms with Gasteiger partial charge in [-0.2, -0.15) is 0 Å². The largest absolute Gasteiger partial charge is 0.460 e. The van der Waals surface area contributed by atoms with E-state index in [9.17, 15) is 9.59 Å². The van der Waals surface area contributed by atoms with Crippen molar-refractivity contribution >= 4 is 45.5 Å². The lowest BCUT2D eigenvalue weighted by Gasteiger charge is -2.28. The molecule has 1 atom stereocenters. The van der Waals surface area contributed by atoms with E-state index in [0.717, 1.165) is 41.2 Å². The topological polar surface area (TPSA) is 70.9 Å². The highest BCUT2D eigenvalue weighted by Crippen LogP contribution is 2.41. The molecule has 268 valence electrons. The lowest BCUT2D eigenvalue weighted by atomic mass is 9.77. The van der Waals surface area contributed by atoms with Crippen LogP contribution in [0.2, 0.25) is 0 Å². The van der Waals surface area contributed by atoms with E-state index in [0.29, 0.717) is 37.4 Å². The Kier molecular flexibility index (Phi) is 13.0. The SMILES string of the molecule is C=C(C)C(=O)OCCN(CC)c1ccc(C(c2ccc(Nc3ccccc3)c3ccccc23)C2C=CC(=[N+](CC)CCOC(=O)C(=C)C)C=C2)cc1. The number of nitrogens with one attached hydrogen (secondary N) is 1. The number of hydrogen-bond acceptors (Lipinski definition) is 6. The van der Waals surface area contributed by atoms with Crippen molar-refractivity contribution in [1.29, 1.82) is 0 Å². The number of hydrogen-bond donors (Lipinski definition) is 1. The normalized spacial score (nSPS) is 14.1. The van der Waals surface area contributed by atoms with Gasteiger partial charge in [0.05, 0.1) is 6.54 Å². The molecule has 0 aliphatic heterocycles. The van der Waals surface area contributed by atoms with Crippen LogP contribution in [0.5, 0.6) is 0 Å². The lowest BCUT2D eigenvalue weighted by Crippen LogP contribution is -2.28. The Morgan fingerprint density at radius 2 is 1.40 bits per heavy atom. The molecule has 0 saturated heterocycles. The standard InChI is InChI=1S/C45H50N3O4/c1-7-47(28-30-51-44(49)32(3)4)37-22-18-34(19-23-37)43(35-20-24-38(25-21-35)48(8-2)29-31-52-45(50)33(5)6)41-26-27-42(40-17-13-12-16-39(40)41)46-36-14-10-9-11-15-36/h9-27,34,43,46H,3,5,7-8,28-31H2,1-2,4,6H3/q+1. The second-order valence-corrected chi connectivity index (χ2v) is 13.0. The number of anilines is 3.